The fourth-order valence-electron chi connectivity index (χ4n) is 3.19. The maximum Gasteiger partial charge on any atom is 0.287 e. The molecule has 0 aliphatic carbocycles. The molecule has 0 bridgehead atoms. The minimum atomic E-state index is -0.393. The molecule has 3 aromatic rings. The van der Waals surface area contributed by atoms with Gasteiger partial charge in [-0.2, -0.15) is 0 Å². The monoisotopic (exact) mass is 410 g/mol. The minimum Gasteiger partial charge on any atom is -0.805 e. The smallest absolute Gasteiger partial charge is 0.287 e. The fourth-order valence-corrected chi connectivity index (χ4v) is 3.19. The number of carbonyl (C=O) groups is 1. The number of nitrogens with zero attached hydrogens (tertiary/aromatic N) is 2. The lowest BCUT2D eigenvalue weighted by Gasteiger charge is -2.15. The molecule has 0 fully saturated rings. The zero-order valence-electron chi connectivity index (χ0n) is 17.4. The molecule has 30 heavy (non-hydrogen) atoms. The highest BCUT2D eigenvalue weighted by molar-refractivity contribution is 6.07. The van der Waals surface area contributed by atoms with E-state index < -0.39 is 5.78 Å². The van der Waals surface area contributed by atoms with Crippen molar-refractivity contribution in [3.63, 3.8) is 0 Å². The van der Waals surface area contributed by atoms with Gasteiger partial charge in [0.15, 0.2) is 17.3 Å². The third-order valence-electron chi connectivity index (χ3n) is 4.80. The highest BCUT2D eigenvalue weighted by Gasteiger charge is 2.19. The average molecular weight is 410 g/mol. The van der Waals surface area contributed by atoms with Crippen LogP contribution in [0.15, 0.2) is 36.4 Å². The lowest BCUT2D eigenvalue weighted by molar-refractivity contribution is -0.467. The van der Waals surface area contributed by atoms with E-state index in [1.807, 2.05) is 6.92 Å². The van der Waals surface area contributed by atoms with Gasteiger partial charge in [-0.1, -0.05) is 6.07 Å². The summed E-state index contributed by atoms with van der Waals surface area (Å²) in [6, 6.07) is 8.04. The molecule has 3 rings (SSSR count). The van der Waals surface area contributed by atoms with Crippen LogP contribution in [0.3, 0.4) is 0 Å². The van der Waals surface area contributed by atoms with Crippen molar-refractivity contribution in [1.29, 1.82) is 0 Å². The second-order valence-electron chi connectivity index (χ2n) is 6.66. The molecule has 0 aliphatic heterocycles. The van der Waals surface area contributed by atoms with E-state index in [-0.39, 0.29) is 28.0 Å². The summed E-state index contributed by atoms with van der Waals surface area (Å²) in [7, 11) is 4.38. The van der Waals surface area contributed by atoms with Crippen LogP contribution in [0, 0.1) is 24.0 Å². The molecule has 0 N–H and O–H groups in total. The number of rotatable bonds is 6. The summed E-state index contributed by atoms with van der Waals surface area (Å²) in [5.41, 5.74) is 1.90. The Hall–Kier alpha value is -3.81. The van der Waals surface area contributed by atoms with E-state index >= 15 is 0 Å². The molecule has 156 valence electrons. The summed E-state index contributed by atoms with van der Waals surface area (Å²) in [5.74, 6) is 0.644. The molecule has 0 saturated carbocycles. The highest BCUT2D eigenvalue weighted by atomic mass is 16.5. The van der Waals surface area contributed by atoms with Crippen LogP contribution < -0.4 is 18.6 Å². The Morgan fingerprint density at radius 2 is 1.67 bits per heavy atom. The normalized spacial score (nSPS) is 11.1. The van der Waals surface area contributed by atoms with E-state index in [2.05, 4.69) is 0 Å². The first-order valence-electron chi connectivity index (χ1n) is 9.10. The van der Waals surface area contributed by atoms with Crippen molar-refractivity contribution in [2.75, 3.05) is 21.3 Å². The maximum absolute atomic E-state index is 12.8. The summed E-state index contributed by atoms with van der Waals surface area (Å²) in [6.45, 7) is 3.36. The Balaban J connectivity index is 2.07. The fraction of sp³-hybridized carbons (Fsp3) is 0.227. The van der Waals surface area contributed by atoms with Crippen molar-refractivity contribution < 1.29 is 23.4 Å². The van der Waals surface area contributed by atoms with Gasteiger partial charge in [-0.25, -0.2) is 0 Å². The van der Waals surface area contributed by atoms with Crippen LogP contribution in [-0.2, 0) is 0 Å². The standard InChI is InChI=1S/C22H22N2O6/c1-13-6-7-17-18(10-13)24(27)16(14(2)23(17)26)8-9-19(25)15-11-20(28-3)22(30-5)21(12-15)29-4/h6-12H,1-5H3/b9-8+. The lowest BCUT2D eigenvalue weighted by Crippen LogP contribution is -2.24. The van der Waals surface area contributed by atoms with Gasteiger partial charge in [-0.3, -0.25) is 4.79 Å². The number of fused-ring (bicyclic) bond motifs is 1. The number of hydrogen-bond acceptors (Lipinski definition) is 6. The van der Waals surface area contributed by atoms with E-state index in [0.29, 0.717) is 26.4 Å². The Bertz CT molecular complexity index is 1200. The van der Waals surface area contributed by atoms with Gasteiger partial charge in [0.1, 0.15) is 5.52 Å². The Labute approximate surface area is 173 Å². The second kappa shape index (κ2) is 8.28. The zero-order valence-corrected chi connectivity index (χ0v) is 17.4. The molecule has 2 aromatic carbocycles. The van der Waals surface area contributed by atoms with E-state index in [0.717, 1.165) is 5.56 Å². The number of carbonyl (C=O) groups excluding carboxylic acids is 1. The number of allylic oxidation sites excluding steroid dienone is 1. The summed E-state index contributed by atoms with van der Waals surface area (Å²) in [5, 5.41) is 12.6. The SMILES string of the molecule is COc1cc(C(=O)/C=C/c2c(C)n([O-])c3ccc(C)cc3[n+]2=O)cc(OC)c1OC. The Kier molecular flexibility index (Phi) is 5.77. The number of methoxy groups -OCH3 is 3. The van der Waals surface area contributed by atoms with Crippen LogP contribution in [0.2, 0.25) is 0 Å². The topological polar surface area (TPSA) is 95.7 Å². The van der Waals surface area contributed by atoms with Gasteiger partial charge in [-0.15, -0.1) is 0 Å². The molecular formula is C22H22N2O6. The molecule has 1 heterocycles. The predicted octanol–water partition coefficient (Wildman–Crippen LogP) is 3.44. The molecule has 0 atom stereocenters. The molecule has 1 aromatic heterocycles. The van der Waals surface area contributed by atoms with Crippen molar-refractivity contribution in [2.45, 2.75) is 13.8 Å². The molecule has 0 unspecified atom stereocenters. The summed E-state index contributed by atoms with van der Waals surface area (Å²) >= 11 is 0. The van der Waals surface area contributed by atoms with E-state index in [4.69, 9.17) is 14.2 Å². The van der Waals surface area contributed by atoms with Crippen LogP contribution in [0.25, 0.3) is 17.1 Å². The van der Waals surface area contributed by atoms with Crippen LogP contribution >= 0.6 is 0 Å². The molecule has 0 aliphatic rings. The van der Waals surface area contributed by atoms with Gasteiger partial charge in [0.2, 0.25) is 5.75 Å². The molecule has 0 radical (unpaired) electrons. The van der Waals surface area contributed by atoms with Gasteiger partial charge in [0.05, 0.1) is 31.5 Å². The van der Waals surface area contributed by atoms with Crippen molar-refractivity contribution >= 4 is 22.9 Å². The number of aryl methyl sites for hydroxylation is 1. The zero-order chi connectivity index (χ0) is 22.0. The first kappa shape index (κ1) is 20.9. The number of ether oxygens (including phenoxy) is 3. The van der Waals surface area contributed by atoms with E-state index in [1.165, 1.54) is 52.5 Å². The number of aromatic nitrogens is 2. The molecule has 8 nitrogen and oxygen atoms in total. The third kappa shape index (κ3) is 3.59. The van der Waals surface area contributed by atoms with Gasteiger partial charge in [0, 0.05) is 22.6 Å². The van der Waals surface area contributed by atoms with E-state index in [1.54, 1.807) is 18.2 Å². The first-order valence-corrected chi connectivity index (χ1v) is 9.10. The van der Waals surface area contributed by atoms with Crippen LogP contribution in [0.1, 0.15) is 27.3 Å². The molecule has 8 heteroatoms. The summed E-state index contributed by atoms with van der Waals surface area (Å²) in [6.07, 6.45) is 2.57. The molecule has 0 saturated heterocycles. The number of ketones is 1. The molecule has 0 spiro atoms. The predicted molar refractivity (Wildman–Crippen MR) is 113 cm³/mol. The average Bonchev–Trinajstić information content (AvgIpc) is 2.76. The van der Waals surface area contributed by atoms with Gasteiger partial charge >= 0.3 is 0 Å². The molecule has 0 amide bonds. The highest BCUT2D eigenvalue weighted by Crippen LogP contribution is 2.38. The van der Waals surface area contributed by atoms with Crippen molar-refractivity contribution in [2.24, 2.45) is 0 Å². The Morgan fingerprint density at radius 1 is 1.03 bits per heavy atom. The third-order valence-corrected chi connectivity index (χ3v) is 4.80. The number of hydrogen-bond donors (Lipinski definition) is 0. The minimum absolute atomic E-state index is 0.0869. The number of benzene rings is 2. The van der Waals surface area contributed by atoms with Crippen LogP contribution in [0.4, 0.5) is 0 Å². The Morgan fingerprint density at radius 3 is 2.23 bits per heavy atom. The van der Waals surface area contributed by atoms with E-state index in [9.17, 15) is 14.9 Å². The van der Waals surface area contributed by atoms with Gasteiger partial charge in [0.25, 0.3) is 11.2 Å². The van der Waals surface area contributed by atoms with Gasteiger partial charge in [-0.05, 0) is 43.7 Å². The quantitative estimate of drug-likeness (QED) is 0.351. The largest absolute Gasteiger partial charge is 0.805 e. The molecular weight excluding hydrogens is 388 g/mol. The van der Waals surface area contributed by atoms with Crippen molar-refractivity contribution in [1.82, 2.24) is 4.73 Å². The maximum atomic E-state index is 12.8. The summed E-state index contributed by atoms with van der Waals surface area (Å²) < 4.78 is 17.1. The van der Waals surface area contributed by atoms with Gasteiger partial charge < -0.3 is 24.1 Å². The van der Waals surface area contributed by atoms with Crippen LogP contribution in [0.5, 0.6) is 17.2 Å². The lowest BCUT2D eigenvalue weighted by atomic mass is 10.1. The first-order chi connectivity index (χ1) is 14.3. The van der Waals surface area contributed by atoms with Crippen molar-refractivity contribution in [3.8, 4) is 17.2 Å². The second-order valence-corrected chi connectivity index (χ2v) is 6.66. The van der Waals surface area contributed by atoms with Crippen LogP contribution in [-0.4, -0.2) is 31.8 Å². The van der Waals surface area contributed by atoms with Crippen molar-refractivity contribution in [3.05, 3.63) is 69.0 Å². The summed E-state index contributed by atoms with van der Waals surface area (Å²) in [4.78, 5) is 25.6.